The summed E-state index contributed by atoms with van der Waals surface area (Å²) in [5, 5.41) is 8.56. The highest BCUT2D eigenvalue weighted by atomic mass is 127. The van der Waals surface area contributed by atoms with Crippen LogP contribution < -0.4 is 11.0 Å². The van der Waals surface area contributed by atoms with Gasteiger partial charge in [-0.2, -0.15) is 5.10 Å². The van der Waals surface area contributed by atoms with E-state index in [0.29, 0.717) is 6.54 Å². The van der Waals surface area contributed by atoms with Gasteiger partial charge in [-0.15, -0.1) is 24.0 Å². The molecule has 0 aliphatic carbocycles. The number of aromatic nitrogens is 3. The van der Waals surface area contributed by atoms with Gasteiger partial charge in [-0.25, -0.2) is 9.48 Å². The maximum atomic E-state index is 12.3. The van der Waals surface area contributed by atoms with Crippen LogP contribution in [-0.4, -0.2) is 45.8 Å². The smallest absolute Gasteiger partial charge is 0.345 e. The van der Waals surface area contributed by atoms with Crippen molar-refractivity contribution in [3.63, 3.8) is 0 Å². The van der Waals surface area contributed by atoms with Crippen molar-refractivity contribution < 1.29 is 0 Å². The number of aryl methyl sites for hydroxylation is 2. The van der Waals surface area contributed by atoms with Gasteiger partial charge in [-0.3, -0.25) is 9.56 Å². The second-order valence-corrected chi connectivity index (χ2v) is 7.28. The highest BCUT2D eigenvalue weighted by Crippen LogP contribution is 2.11. The van der Waals surface area contributed by atoms with Gasteiger partial charge in [0.25, 0.3) is 0 Å². The Morgan fingerprint density at radius 2 is 2.07 bits per heavy atom. The van der Waals surface area contributed by atoms with Crippen LogP contribution in [0, 0.1) is 0 Å². The fraction of sp³-hybridized carbons (Fsp3) is 0.526. The summed E-state index contributed by atoms with van der Waals surface area (Å²) in [6, 6.07) is 7.81. The molecule has 1 aliphatic heterocycles. The number of guanidine groups is 1. The zero-order valence-electron chi connectivity index (χ0n) is 16.4. The minimum Gasteiger partial charge on any atom is -0.356 e. The Bertz CT molecular complexity index is 845. The third-order valence-corrected chi connectivity index (χ3v) is 5.02. The molecule has 2 aromatic rings. The number of nitrogens with one attached hydrogen (secondary N) is 1. The van der Waals surface area contributed by atoms with Gasteiger partial charge in [0.2, 0.25) is 0 Å². The van der Waals surface area contributed by atoms with E-state index in [1.807, 2.05) is 35.9 Å². The van der Waals surface area contributed by atoms with E-state index in [4.69, 9.17) is 11.6 Å². The van der Waals surface area contributed by atoms with Crippen LogP contribution in [-0.2, 0) is 26.1 Å². The molecule has 0 radical (unpaired) electrons. The molecule has 0 saturated heterocycles. The van der Waals surface area contributed by atoms with Crippen molar-refractivity contribution in [3.8, 4) is 0 Å². The largest absolute Gasteiger partial charge is 0.356 e. The molecule has 0 saturated carbocycles. The average molecular weight is 519 g/mol. The summed E-state index contributed by atoms with van der Waals surface area (Å²) in [4.78, 5) is 18.7. The van der Waals surface area contributed by atoms with Crippen molar-refractivity contribution in [1.29, 1.82) is 0 Å². The van der Waals surface area contributed by atoms with Gasteiger partial charge in [0.05, 0.1) is 0 Å². The second-order valence-electron chi connectivity index (χ2n) is 6.84. The lowest BCUT2D eigenvalue weighted by Gasteiger charge is -2.22. The van der Waals surface area contributed by atoms with E-state index < -0.39 is 0 Å². The molecule has 28 heavy (non-hydrogen) atoms. The highest BCUT2D eigenvalue weighted by Gasteiger charge is 2.16. The lowest BCUT2D eigenvalue weighted by Crippen LogP contribution is -2.39. The molecule has 0 amide bonds. The molecule has 0 fully saturated rings. The van der Waals surface area contributed by atoms with E-state index in [2.05, 4.69) is 20.3 Å². The molecule has 0 atom stereocenters. The predicted molar refractivity (Wildman–Crippen MR) is 124 cm³/mol. The Morgan fingerprint density at radius 3 is 2.75 bits per heavy atom. The fourth-order valence-corrected chi connectivity index (χ4v) is 3.47. The van der Waals surface area contributed by atoms with Crippen molar-refractivity contribution in [2.45, 2.75) is 45.3 Å². The number of benzene rings is 1. The van der Waals surface area contributed by atoms with E-state index in [1.165, 1.54) is 5.56 Å². The zero-order chi connectivity index (χ0) is 19.2. The Kier molecular flexibility index (Phi) is 8.81. The molecule has 3 rings (SSSR count). The summed E-state index contributed by atoms with van der Waals surface area (Å²) in [5.41, 5.74) is 1.19. The van der Waals surface area contributed by atoms with Gasteiger partial charge in [0.15, 0.2) is 5.96 Å². The van der Waals surface area contributed by atoms with Gasteiger partial charge in [-0.1, -0.05) is 23.7 Å². The van der Waals surface area contributed by atoms with Crippen LogP contribution in [0.2, 0.25) is 5.02 Å². The first-order valence-corrected chi connectivity index (χ1v) is 9.79. The van der Waals surface area contributed by atoms with Crippen LogP contribution in [0.25, 0.3) is 0 Å². The number of nitrogens with zero attached hydrogens (tertiary/aromatic N) is 5. The first kappa shape index (κ1) is 22.7. The quantitative estimate of drug-likeness (QED) is 0.276. The summed E-state index contributed by atoms with van der Waals surface area (Å²) in [5.74, 6) is 1.75. The number of hydrogen-bond acceptors (Lipinski definition) is 3. The Labute approximate surface area is 187 Å². The molecule has 1 aromatic carbocycles. The monoisotopic (exact) mass is 518 g/mol. The summed E-state index contributed by atoms with van der Waals surface area (Å²) >= 11 is 5.94. The maximum absolute atomic E-state index is 12.3. The average Bonchev–Trinajstić information content (AvgIpc) is 3.00. The number of fused-ring (bicyclic) bond motifs is 1. The Hall–Kier alpha value is -1.55. The fourth-order valence-electron chi connectivity index (χ4n) is 3.35. The zero-order valence-corrected chi connectivity index (χ0v) is 19.5. The molecular formula is C19H28ClIN6O. The van der Waals surface area contributed by atoms with Gasteiger partial charge in [0, 0.05) is 51.7 Å². The van der Waals surface area contributed by atoms with Crippen LogP contribution in [0.3, 0.4) is 0 Å². The summed E-state index contributed by atoms with van der Waals surface area (Å²) in [6.07, 6.45) is 3.90. The SMILES string of the molecule is CN=C(NCCCn1nc2n(c1=O)CCCC2)N(C)Cc1ccc(Cl)cc1.I. The number of hydrogen-bond donors (Lipinski definition) is 1. The molecule has 0 spiro atoms. The van der Waals surface area contributed by atoms with Crippen molar-refractivity contribution in [2.24, 2.45) is 4.99 Å². The molecule has 0 unspecified atom stereocenters. The van der Waals surface area contributed by atoms with Crippen molar-refractivity contribution >= 4 is 41.5 Å². The normalized spacial score (nSPS) is 13.6. The minimum atomic E-state index is 0. The van der Waals surface area contributed by atoms with Crippen molar-refractivity contribution in [3.05, 3.63) is 51.2 Å². The van der Waals surface area contributed by atoms with E-state index >= 15 is 0 Å². The highest BCUT2D eigenvalue weighted by molar-refractivity contribution is 14.0. The standard InChI is InChI=1S/C19H27ClN6O.HI/c1-21-18(24(2)14-15-7-9-16(20)10-8-15)22-11-5-13-26-19(27)25-12-4-3-6-17(25)23-26;/h7-10H,3-6,11-14H2,1-2H3,(H,21,22);1H. The van der Waals surface area contributed by atoms with E-state index in [1.54, 1.807) is 11.7 Å². The molecule has 9 heteroatoms. The predicted octanol–water partition coefficient (Wildman–Crippen LogP) is 2.75. The molecule has 1 aromatic heterocycles. The second kappa shape index (κ2) is 10.8. The Morgan fingerprint density at radius 1 is 1.32 bits per heavy atom. The van der Waals surface area contributed by atoms with Crippen LogP contribution in [0.1, 0.15) is 30.7 Å². The molecule has 2 heterocycles. The Balaban J connectivity index is 0.00000280. The topological polar surface area (TPSA) is 67.5 Å². The van der Waals surface area contributed by atoms with Gasteiger partial charge in [-0.05, 0) is 37.0 Å². The molecule has 7 nitrogen and oxygen atoms in total. The van der Waals surface area contributed by atoms with Crippen LogP contribution >= 0.6 is 35.6 Å². The maximum Gasteiger partial charge on any atom is 0.345 e. The first-order valence-electron chi connectivity index (χ1n) is 9.41. The third-order valence-electron chi connectivity index (χ3n) is 4.77. The third kappa shape index (κ3) is 5.73. The van der Waals surface area contributed by atoms with E-state index in [-0.39, 0.29) is 29.7 Å². The van der Waals surface area contributed by atoms with Crippen LogP contribution in [0.15, 0.2) is 34.1 Å². The first-order chi connectivity index (χ1) is 13.1. The molecule has 1 aliphatic rings. The van der Waals surface area contributed by atoms with Crippen molar-refractivity contribution in [1.82, 2.24) is 24.6 Å². The minimum absolute atomic E-state index is 0. The van der Waals surface area contributed by atoms with Crippen LogP contribution in [0.5, 0.6) is 0 Å². The summed E-state index contributed by atoms with van der Waals surface area (Å²) in [7, 11) is 3.77. The van der Waals surface area contributed by atoms with Gasteiger partial charge in [0.1, 0.15) is 5.82 Å². The molecule has 0 bridgehead atoms. The molecular weight excluding hydrogens is 491 g/mol. The summed E-state index contributed by atoms with van der Waals surface area (Å²) < 4.78 is 3.41. The lowest BCUT2D eigenvalue weighted by molar-refractivity contribution is 0.469. The number of rotatable bonds is 6. The molecule has 154 valence electrons. The molecule has 1 N–H and O–H groups in total. The lowest BCUT2D eigenvalue weighted by atomic mass is 10.2. The number of aliphatic imine (C=N–C) groups is 1. The van der Waals surface area contributed by atoms with E-state index in [9.17, 15) is 4.79 Å². The van der Waals surface area contributed by atoms with E-state index in [0.717, 1.165) is 62.1 Å². The van der Waals surface area contributed by atoms with Crippen LogP contribution in [0.4, 0.5) is 0 Å². The van der Waals surface area contributed by atoms with Crippen molar-refractivity contribution in [2.75, 3.05) is 20.6 Å². The van der Waals surface area contributed by atoms with Gasteiger partial charge >= 0.3 is 5.69 Å². The van der Waals surface area contributed by atoms with Gasteiger partial charge < -0.3 is 10.2 Å². The summed E-state index contributed by atoms with van der Waals surface area (Å²) in [6.45, 7) is 2.88. The number of halogens is 2.